The number of hydrogen-bond donors (Lipinski definition) is 1. The summed E-state index contributed by atoms with van der Waals surface area (Å²) in [6, 6.07) is 3.51. The summed E-state index contributed by atoms with van der Waals surface area (Å²) in [5, 5.41) is 0. The zero-order valence-corrected chi connectivity index (χ0v) is 16.6. The van der Waals surface area contributed by atoms with Crippen molar-refractivity contribution >= 4 is 40.9 Å². The molecule has 0 saturated heterocycles. The van der Waals surface area contributed by atoms with Gasteiger partial charge in [0.2, 0.25) is 0 Å². The molecule has 1 aromatic carbocycles. The van der Waals surface area contributed by atoms with E-state index in [9.17, 15) is 22.6 Å². The third-order valence-corrected chi connectivity index (χ3v) is 6.26. The van der Waals surface area contributed by atoms with Crippen LogP contribution in [0.15, 0.2) is 23.1 Å². The number of hydrogen-bond acceptors (Lipinski definition) is 6. The molecule has 0 aliphatic heterocycles. The van der Waals surface area contributed by atoms with Crippen molar-refractivity contribution in [2.75, 3.05) is 0 Å². The van der Waals surface area contributed by atoms with Gasteiger partial charge >= 0.3 is 30.8 Å². The summed E-state index contributed by atoms with van der Waals surface area (Å²) in [7, 11) is -4.72. The van der Waals surface area contributed by atoms with Crippen molar-refractivity contribution in [3.05, 3.63) is 29.3 Å². The first-order valence-corrected chi connectivity index (χ1v) is 11.3. The summed E-state index contributed by atoms with van der Waals surface area (Å²) in [4.78, 5) is 24.2. The van der Waals surface area contributed by atoms with Crippen molar-refractivity contribution in [1.29, 1.82) is 0 Å². The van der Waals surface area contributed by atoms with Crippen molar-refractivity contribution in [3.8, 4) is 0 Å². The van der Waals surface area contributed by atoms with Gasteiger partial charge in [0.25, 0.3) is 10.1 Å². The van der Waals surface area contributed by atoms with Gasteiger partial charge in [0.05, 0.1) is 11.1 Å². The molecule has 1 N–H and O–H groups in total. The second-order valence-corrected chi connectivity index (χ2v) is 8.91. The number of ether oxygens (including phenoxy) is 2. The van der Waals surface area contributed by atoms with Crippen LogP contribution in [0.4, 0.5) is 0 Å². The second kappa shape index (κ2) is 10.6. The van der Waals surface area contributed by atoms with Crippen molar-refractivity contribution in [2.45, 2.75) is 81.3 Å². The molecule has 2 saturated carbocycles. The normalized spacial score (nSPS) is 18.5. The van der Waals surface area contributed by atoms with Crippen molar-refractivity contribution in [3.63, 3.8) is 0 Å². The van der Waals surface area contributed by atoms with Crippen LogP contribution in [0.5, 0.6) is 0 Å². The molecule has 0 aromatic heterocycles. The molecule has 29 heavy (non-hydrogen) atoms. The monoisotopic (exact) mass is 418 g/mol. The number of carbonyl (C=O) groups excluding carboxylic acids is 2. The summed E-state index contributed by atoms with van der Waals surface area (Å²) >= 11 is 0. The average molecular weight is 418 g/mol. The maximum absolute atomic E-state index is 12.5. The molecule has 0 unspecified atom stereocenters. The van der Waals surface area contributed by atoms with Crippen LogP contribution < -0.4 is 0 Å². The number of benzene rings is 1. The van der Waals surface area contributed by atoms with E-state index in [1.807, 2.05) is 0 Å². The molecule has 7 nitrogen and oxygen atoms in total. The molecule has 2 aliphatic carbocycles. The van der Waals surface area contributed by atoms with E-state index in [0.717, 1.165) is 70.3 Å². The predicted octanol–water partition coefficient (Wildman–Crippen LogP) is 3.26. The zero-order valence-electron chi connectivity index (χ0n) is 15.8. The Hall–Kier alpha value is -1.33. The molecule has 0 spiro atoms. The maximum atomic E-state index is 12.5. The van der Waals surface area contributed by atoms with Gasteiger partial charge in [-0.3, -0.25) is 4.55 Å². The van der Waals surface area contributed by atoms with Crippen molar-refractivity contribution < 1.29 is 32.0 Å². The molecule has 0 radical (unpaired) electrons. The quantitative estimate of drug-likeness (QED) is 0.444. The topological polar surface area (TPSA) is 107 Å². The molecule has 0 heterocycles. The Kier molecular flexibility index (Phi) is 8.77. The second-order valence-electron chi connectivity index (χ2n) is 7.52. The Morgan fingerprint density at radius 2 is 1.31 bits per heavy atom. The third-order valence-electron chi connectivity index (χ3n) is 5.37. The van der Waals surface area contributed by atoms with Crippen molar-refractivity contribution in [2.24, 2.45) is 0 Å². The Bertz CT molecular complexity index is 825. The van der Waals surface area contributed by atoms with E-state index in [1.54, 1.807) is 0 Å². The number of esters is 2. The summed E-state index contributed by atoms with van der Waals surface area (Å²) in [5.41, 5.74) is -0.297. The summed E-state index contributed by atoms with van der Waals surface area (Å²) in [6.45, 7) is 0. The van der Waals surface area contributed by atoms with Gasteiger partial charge in [-0.15, -0.1) is 0 Å². The fraction of sp³-hybridized carbons (Fsp3) is 0.600. The van der Waals surface area contributed by atoms with Gasteiger partial charge in [-0.25, -0.2) is 9.59 Å². The molecule has 2 aliphatic rings. The van der Waals surface area contributed by atoms with Crippen LogP contribution in [0.25, 0.3) is 0 Å². The van der Waals surface area contributed by atoms with Crippen molar-refractivity contribution in [1.82, 2.24) is 0 Å². The number of rotatable bonds is 5. The summed E-state index contributed by atoms with van der Waals surface area (Å²) < 4.78 is 44.0. The Morgan fingerprint density at radius 1 is 0.828 bits per heavy atom. The first-order valence-electron chi connectivity index (χ1n) is 9.88. The van der Waals surface area contributed by atoms with Gasteiger partial charge in [-0.05, 0) is 69.6 Å². The van der Waals surface area contributed by atoms with Crippen LogP contribution >= 0.6 is 0 Å². The van der Waals surface area contributed by atoms with Crippen LogP contribution in [0.3, 0.4) is 0 Å². The average Bonchev–Trinajstić information content (AvgIpc) is 2.68. The van der Waals surface area contributed by atoms with Gasteiger partial charge in [-0.1, -0.05) is 12.8 Å². The van der Waals surface area contributed by atoms with E-state index >= 15 is 0 Å². The van der Waals surface area contributed by atoms with Crippen LogP contribution in [0.2, 0.25) is 0 Å². The predicted molar refractivity (Wildman–Crippen MR) is 108 cm³/mol. The van der Waals surface area contributed by atoms with Gasteiger partial charge in [0.1, 0.15) is 17.1 Å². The molecular weight excluding hydrogens is 391 g/mol. The summed E-state index contributed by atoms with van der Waals surface area (Å²) in [6.07, 6.45) is 8.66. The molecular formula is C20H27LiO7S. The molecule has 0 amide bonds. The van der Waals surface area contributed by atoms with Gasteiger partial charge in [0, 0.05) is 0 Å². The standard InChI is InChI=1S/C20H26O7S.Li.H/c21-19(26-15-7-3-1-4-8-15)14-11-12-17(18(13-14)28(23,24)25)20(22)27-16-9-5-2-6-10-16;;/h11-13,15-16H,1-10H2,(H,23,24,25);;. The van der Waals surface area contributed by atoms with Gasteiger partial charge in [-0.2, -0.15) is 8.42 Å². The minimum absolute atomic E-state index is 0. The Balaban J connectivity index is 0.00000300. The molecule has 9 heteroatoms. The van der Waals surface area contributed by atoms with Crippen LogP contribution in [0.1, 0.15) is 84.9 Å². The Labute approximate surface area is 183 Å². The Morgan fingerprint density at radius 3 is 1.79 bits per heavy atom. The number of carbonyl (C=O) groups is 2. The molecule has 3 rings (SSSR count). The van der Waals surface area contributed by atoms with E-state index in [2.05, 4.69) is 0 Å². The van der Waals surface area contributed by atoms with Crippen LogP contribution in [-0.2, 0) is 19.6 Å². The van der Waals surface area contributed by atoms with E-state index in [4.69, 9.17) is 9.47 Å². The van der Waals surface area contributed by atoms with E-state index < -0.39 is 27.0 Å². The zero-order chi connectivity index (χ0) is 20.1. The van der Waals surface area contributed by atoms with E-state index in [0.29, 0.717) is 0 Å². The third kappa shape index (κ3) is 6.58. The van der Waals surface area contributed by atoms with Gasteiger partial charge < -0.3 is 9.47 Å². The first-order chi connectivity index (χ1) is 13.3. The van der Waals surface area contributed by atoms with Gasteiger partial charge in [0.15, 0.2) is 0 Å². The fourth-order valence-corrected chi connectivity index (χ4v) is 4.54. The molecule has 0 atom stereocenters. The van der Waals surface area contributed by atoms with E-state index in [1.165, 1.54) is 12.1 Å². The summed E-state index contributed by atoms with van der Waals surface area (Å²) in [5.74, 6) is -1.48. The molecule has 156 valence electrons. The molecule has 0 bridgehead atoms. The van der Waals surface area contributed by atoms with Crippen LogP contribution in [-0.4, -0.2) is 56.0 Å². The fourth-order valence-electron chi connectivity index (χ4n) is 3.83. The van der Waals surface area contributed by atoms with Crippen LogP contribution in [0, 0.1) is 0 Å². The molecule has 2 fully saturated rings. The van der Waals surface area contributed by atoms with E-state index in [-0.39, 0.29) is 42.2 Å². The SMILES string of the molecule is O=C(OC1CCCCC1)c1ccc(C(=O)OC2CCCCC2)c(S(=O)(=O)O)c1.[LiH]. The molecule has 1 aromatic rings. The first kappa shape index (κ1) is 23.9. The minimum atomic E-state index is -4.72.